The van der Waals surface area contributed by atoms with Crippen LogP contribution in [0.25, 0.3) is 0 Å². The summed E-state index contributed by atoms with van der Waals surface area (Å²) in [6.07, 6.45) is 9.47. The van der Waals surface area contributed by atoms with E-state index in [-0.39, 0.29) is 0 Å². The second-order valence-electron chi connectivity index (χ2n) is 7.22. The normalized spacial score (nSPS) is 19.0. The van der Waals surface area contributed by atoms with Gasteiger partial charge in [0.05, 0.1) is 12.1 Å². The number of amidine groups is 1. The summed E-state index contributed by atoms with van der Waals surface area (Å²) >= 11 is 0. The molecular formula is C24H30N4O2. The van der Waals surface area contributed by atoms with E-state index in [0.717, 1.165) is 30.0 Å². The Hall–Kier alpha value is -3.15. The average Bonchev–Trinajstić information content (AvgIpc) is 3.49. The van der Waals surface area contributed by atoms with Crippen molar-refractivity contribution >= 4 is 11.5 Å². The Balaban J connectivity index is 0.000000806. The number of benzene rings is 1. The van der Waals surface area contributed by atoms with Gasteiger partial charge in [0.1, 0.15) is 11.5 Å². The summed E-state index contributed by atoms with van der Waals surface area (Å²) in [5.74, 6) is 2.48. The van der Waals surface area contributed by atoms with Crippen molar-refractivity contribution in [3.63, 3.8) is 0 Å². The van der Waals surface area contributed by atoms with E-state index in [1.807, 2.05) is 48.3 Å². The molecule has 2 heterocycles. The highest BCUT2D eigenvalue weighted by atomic mass is 16.5. The van der Waals surface area contributed by atoms with Crippen molar-refractivity contribution in [1.82, 2.24) is 10.2 Å². The van der Waals surface area contributed by atoms with Gasteiger partial charge in [0.15, 0.2) is 11.6 Å². The third kappa shape index (κ3) is 4.87. The monoisotopic (exact) mass is 406 g/mol. The molecule has 0 N–H and O–H groups in total. The van der Waals surface area contributed by atoms with Gasteiger partial charge in [-0.1, -0.05) is 64.0 Å². The Morgan fingerprint density at radius 3 is 2.57 bits per heavy atom. The first-order chi connectivity index (χ1) is 14.7. The molecule has 30 heavy (non-hydrogen) atoms. The van der Waals surface area contributed by atoms with Gasteiger partial charge in [-0.25, -0.2) is 10.0 Å². The molecule has 1 aromatic heterocycles. The molecule has 6 heteroatoms. The zero-order chi connectivity index (χ0) is 21.3. The van der Waals surface area contributed by atoms with E-state index in [4.69, 9.17) is 14.4 Å². The summed E-state index contributed by atoms with van der Waals surface area (Å²) in [6.45, 7) is 9.98. The summed E-state index contributed by atoms with van der Waals surface area (Å²) < 4.78 is 11.3. The molecule has 0 saturated heterocycles. The standard InChI is InChI=1S/C21H22N4O2.C3H8/c1-3-17-20(23-25(21(17)22-4-2)15-10-8-9-11-15)18-14-19(24-27-18)26-16-12-6-5-7-13-16;1-3-2/h3-7,12-15H,2,8-11H2,1H3;3H2,1-2H3/b17-3-,22-21?;. The molecule has 1 aliphatic heterocycles. The summed E-state index contributed by atoms with van der Waals surface area (Å²) in [5.41, 5.74) is 1.64. The van der Waals surface area contributed by atoms with Gasteiger partial charge in [-0.2, -0.15) is 5.10 Å². The highest BCUT2D eigenvalue weighted by molar-refractivity contribution is 6.31. The van der Waals surface area contributed by atoms with Crippen molar-refractivity contribution in [2.24, 2.45) is 10.1 Å². The predicted octanol–water partition coefficient (Wildman–Crippen LogP) is 6.33. The third-order valence-corrected chi connectivity index (χ3v) is 4.78. The van der Waals surface area contributed by atoms with E-state index in [2.05, 4.69) is 30.6 Å². The SMILES string of the molecule is C=CN=C1/C(=C\C)C(c2cc(Oc3ccccc3)no2)=NN1C1CCCC1.CCC. The summed E-state index contributed by atoms with van der Waals surface area (Å²) in [5, 5.41) is 10.9. The molecule has 4 rings (SSSR count). The maximum atomic E-state index is 5.75. The molecule has 1 aliphatic carbocycles. The number of hydrogen-bond donors (Lipinski definition) is 0. The van der Waals surface area contributed by atoms with Gasteiger partial charge in [0, 0.05) is 11.8 Å². The summed E-state index contributed by atoms with van der Waals surface area (Å²) in [7, 11) is 0. The van der Waals surface area contributed by atoms with Gasteiger partial charge >= 0.3 is 0 Å². The van der Waals surface area contributed by atoms with Gasteiger partial charge in [-0.05, 0) is 37.1 Å². The molecule has 0 bridgehead atoms. The Morgan fingerprint density at radius 2 is 1.93 bits per heavy atom. The first-order valence-electron chi connectivity index (χ1n) is 10.6. The zero-order valence-electron chi connectivity index (χ0n) is 18.0. The first-order valence-corrected chi connectivity index (χ1v) is 10.6. The number of ether oxygens (including phenoxy) is 1. The number of aliphatic imine (C=N–C) groups is 1. The largest absolute Gasteiger partial charge is 0.436 e. The molecule has 2 aromatic rings. The average molecular weight is 407 g/mol. The lowest BCUT2D eigenvalue weighted by atomic mass is 10.1. The third-order valence-electron chi connectivity index (χ3n) is 4.78. The van der Waals surface area contributed by atoms with Crippen molar-refractivity contribution in [3.8, 4) is 11.6 Å². The van der Waals surface area contributed by atoms with Crippen LogP contribution in [0.4, 0.5) is 0 Å². The number of hydrogen-bond acceptors (Lipinski definition) is 5. The van der Waals surface area contributed by atoms with E-state index in [0.29, 0.717) is 23.4 Å². The Kier molecular flexibility index (Phi) is 7.60. The quantitative estimate of drug-likeness (QED) is 0.582. The minimum absolute atomic E-state index is 0.360. The molecule has 0 amide bonds. The summed E-state index contributed by atoms with van der Waals surface area (Å²) in [6, 6.07) is 11.6. The lowest BCUT2D eigenvalue weighted by Crippen LogP contribution is -2.31. The maximum absolute atomic E-state index is 5.75. The van der Waals surface area contributed by atoms with Crippen LogP contribution >= 0.6 is 0 Å². The minimum Gasteiger partial charge on any atom is -0.436 e. The van der Waals surface area contributed by atoms with Crippen LogP contribution in [0.1, 0.15) is 58.6 Å². The Labute approximate surface area is 178 Å². The molecule has 158 valence electrons. The molecule has 0 radical (unpaired) electrons. The smallest absolute Gasteiger partial charge is 0.260 e. The minimum atomic E-state index is 0.360. The molecule has 1 fully saturated rings. The molecule has 0 atom stereocenters. The van der Waals surface area contributed by atoms with Crippen LogP contribution in [0, 0.1) is 0 Å². The van der Waals surface area contributed by atoms with Crippen molar-refractivity contribution < 1.29 is 9.26 Å². The number of aromatic nitrogens is 1. The molecule has 0 unspecified atom stereocenters. The molecule has 1 saturated carbocycles. The lowest BCUT2D eigenvalue weighted by molar-refractivity contribution is 0.335. The van der Waals surface area contributed by atoms with Crippen molar-refractivity contribution in [1.29, 1.82) is 0 Å². The van der Waals surface area contributed by atoms with Gasteiger partial charge in [-0.3, -0.25) is 0 Å². The Morgan fingerprint density at radius 1 is 1.23 bits per heavy atom. The van der Waals surface area contributed by atoms with Gasteiger partial charge < -0.3 is 9.26 Å². The van der Waals surface area contributed by atoms with E-state index in [1.54, 1.807) is 12.3 Å². The van der Waals surface area contributed by atoms with Crippen molar-refractivity contribution in [2.45, 2.75) is 58.9 Å². The van der Waals surface area contributed by atoms with E-state index < -0.39 is 0 Å². The highest BCUT2D eigenvalue weighted by Crippen LogP contribution is 2.32. The van der Waals surface area contributed by atoms with Crippen LogP contribution in [0.3, 0.4) is 0 Å². The van der Waals surface area contributed by atoms with Crippen LogP contribution in [0.15, 0.2) is 75.4 Å². The van der Waals surface area contributed by atoms with Crippen LogP contribution in [-0.4, -0.2) is 27.8 Å². The fourth-order valence-corrected chi connectivity index (χ4v) is 3.53. The maximum Gasteiger partial charge on any atom is 0.260 e. The van der Waals surface area contributed by atoms with Gasteiger partial charge in [0.25, 0.3) is 5.88 Å². The first kappa shape index (κ1) is 21.6. The molecule has 1 aromatic carbocycles. The van der Waals surface area contributed by atoms with E-state index in [9.17, 15) is 0 Å². The van der Waals surface area contributed by atoms with Gasteiger partial charge in [0.2, 0.25) is 0 Å². The highest BCUT2D eigenvalue weighted by Gasteiger charge is 2.36. The molecular weight excluding hydrogens is 376 g/mol. The fourth-order valence-electron chi connectivity index (χ4n) is 3.53. The second-order valence-corrected chi connectivity index (χ2v) is 7.22. The fraction of sp³-hybridized carbons (Fsp3) is 0.375. The number of para-hydroxylation sites is 1. The van der Waals surface area contributed by atoms with Crippen LogP contribution in [0.2, 0.25) is 0 Å². The lowest BCUT2D eigenvalue weighted by Gasteiger charge is -2.22. The predicted molar refractivity (Wildman–Crippen MR) is 121 cm³/mol. The molecule has 0 spiro atoms. The number of allylic oxidation sites excluding steroid dienone is 1. The van der Waals surface area contributed by atoms with Crippen LogP contribution in [-0.2, 0) is 0 Å². The topological polar surface area (TPSA) is 63.2 Å². The number of nitrogens with zero attached hydrogens (tertiary/aromatic N) is 4. The molecule has 6 nitrogen and oxygen atoms in total. The van der Waals surface area contributed by atoms with E-state index >= 15 is 0 Å². The molecule has 2 aliphatic rings. The summed E-state index contributed by atoms with van der Waals surface area (Å²) in [4.78, 5) is 4.48. The van der Waals surface area contributed by atoms with Crippen molar-refractivity contribution in [3.05, 3.63) is 66.6 Å². The van der Waals surface area contributed by atoms with Crippen LogP contribution in [0.5, 0.6) is 11.6 Å². The number of hydrazone groups is 1. The Bertz CT molecular complexity index is 922. The number of rotatable bonds is 5. The van der Waals surface area contributed by atoms with Gasteiger partial charge in [-0.15, -0.1) is 0 Å². The van der Waals surface area contributed by atoms with Crippen molar-refractivity contribution in [2.75, 3.05) is 0 Å². The van der Waals surface area contributed by atoms with Crippen LogP contribution < -0.4 is 4.74 Å². The van der Waals surface area contributed by atoms with E-state index in [1.165, 1.54) is 19.3 Å². The zero-order valence-corrected chi connectivity index (χ0v) is 18.0. The second kappa shape index (κ2) is 10.6.